The second kappa shape index (κ2) is 10.6. The highest BCUT2D eigenvalue weighted by molar-refractivity contribution is 5.94. The fourth-order valence-corrected chi connectivity index (χ4v) is 4.56. The van der Waals surface area contributed by atoms with E-state index in [0.717, 1.165) is 55.7 Å². The van der Waals surface area contributed by atoms with Gasteiger partial charge in [0.15, 0.2) is 0 Å². The molecule has 1 aromatic heterocycles. The van der Waals surface area contributed by atoms with Gasteiger partial charge in [0.2, 0.25) is 0 Å². The van der Waals surface area contributed by atoms with Crippen LogP contribution in [0.15, 0.2) is 73.1 Å². The lowest BCUT2D eigenvalue weighted by molar-refractivity contribution is 0.0671. The van der Waals surface area contributed by atoms with E-state index in [1.807, 2.05) is 54.4 Å². The molecule has 4 nitrogen and oxygen atoms in total. The van der Waals surface area contributed by atoms with E-state index < -0.39 is 0 Å². The SMILES string of the molecule is Cc1cccc(C(=O)N(Cc2cccnc2)CC2CCN(Cc3ccccc3C)CC2)c1. The Morgan fingerprint density at radius 2 is 1.84 bits per heavy atom. The van der Waals surface area contributed by atoms with Crippen LogP contribution in [0.25, 0.3) is 0 Å². The number of benzene rings is 2. The number of likely N-dealkylation sites (tertiary alicyclic amines) is 1. The van der Waals surface area contributed by atoms with Gasteiger partial charge in [-0.05, 0) is 80.6 Å². The number of carbonyl (C=O) groups is 1. The molecule has 4 heteroatoms. The first-order chi connectivity index (χ1) is 15.6. The molecule has 4 rings (SSSR count). The van der Waals surface area contributed by atoms with E-state index in [-0.39, 0.29) is 5.91 Å². The summed E-state index contributed by atoms with van der Waals surface area (Å²) in [6.45, 7) is 8.80. The smallest absolute Gasteiger partial charge is 0.254 e. The van der Waals surface area contributed by atoms with Crippen molar-refractivity contribution in [3.05, 3.63) is 101 Å². The minimum Gasteiger partial charge on any atom is -0.334 e. The molecule has 32 heavy (non-hydrogen) atoms. The van der Waals surface area contributed by atoms with Gasteiger partial charge >= 0.3 is 0 Å². The molecule has 0 spiro atoms. The van der Waals surface area contributed by atoms with E-state index in [2.05, 4.69) is 41.1 Å². The minimum atomic E-state index is 0.111. The zero-order valence-corrected chi connectivity index (χ0v) is 19.2. The van der Waals surface area contributed by atoms with Crippen molar-refractivity contribution in [2.24, 2.45) is 5.92 Å². The molecule has 0 aliphatic carbocycles. The number of piperidine rings is 1. The third-order valence-electron chi connectivity index (χ3n) is 6.49. The van der Waals surface area contributed by atoms with Crippen LogP contribution in [0, 0.1) is 19.8 Å². The molecule has 2 heterocycles. The van der Waals surface area contributed by atoms with Crippen molar-refractivity contribution >= 4 is 5.91 Å². The van der Waals surface area contributed by atoms with E-state index in [4.69, 9.17) is 0 Å². The van der Waals surface area contributed by atoms with Crippen LogP contribution in [0.3, 0.4) is 0 Å². The summed E-state index contributed by atoms with van der Waals surface area (Å²) in [6, 6.07) is 20.6. The Balaban J connectivity index is 1.41. The van der Waals surface area contributed by atoms with Gasteiger partial charge in [-0.25, -0.2) is 0 Å². The van der Waals surface area contributed by atoms with Gasteiger partial charge in [0, 0.05) is 37.6 Å². The summed E-state index contributed by atoms with van der Waals surface area (Å²) in [7, 11) is 0. The highest BCUT2D eigenvalue weighted by Gasteiger charge is 2.25. The zero-order chi connectivity index (χ0) is 22.3. The Morgan fingerprint density at radius 3 is 2.56 bits per heavy atom. The minimum absolute atomic E-state index is 0.111. The molecule has 0 radical (unpaired) electrons. The second-order valence-electron chi connectivity index (χ2n) is 9.06. The van der Waals surface area contributed by atoms with Gasteiger partial charge in [0.25, 0.3) is 5.91 Å². The van der Waals surface area contributed by atoms with Crippen LogP contribution in [0.4, 0.5) is 0 Å². The van der Waals surface area contributed by atoms with Gasteiger partial charge in [0.05, 0.1) is 0 Å². The molecule has 3 aromatic rings. The van der Waals surface area contributed by atoms with Crippen LogP contribution in [-0.4, -0.2) is 40.3 Å². The van der Waals surface area contributed by atoms with Gasteiger partial charge in [0.1, 0.15) is 0 Å². The first-order valence-corrected chi connectivity index (χ1v) is 11.6. The van der Waals surface area contributed by atoms with Crippen LogP contribution in [0.2, 0.25) is 0 Å². The van der Waals surface area contributed by atoms with Gasteiger partial charge in [-0.15, -0.1) is 0 Å². The molecule has 1 saturated heterocycles. The molecule has 166 valence electrons. The van der Waals surface area contributed by atoms with Crippen molar-refractivity contribution in [3.8, 4) is 0 Å². The van der Waals surface area contributed by atoms with Crippen molar-refractivity contribution in [2.75, 3.05) is 19.6 Å². The summed E-state index contributed by atoms with van der Waals surface area (Å²) in [5.74, 6) is 0.633. The number of aryl methyl sites for hydroxylation is 2. The standard InChI is InChI=1S/C28H33N3O/c1-22-7-5-11-26(17-22)28(32)31(20-25-9-6-14-29-18-25)19-24-12-15-30(16-13-24)21-27-10-4-3-8-23(27)2/h3-11,14,17-18,24H,12-13,15-16,19-21H2,1-2H3. The Morgan fingerprint density at radius 1 is 1.03 bits per heavy atom. The number of hydrogen-bond acceptors (Lipinski definition) is 3. The first kappa shape index (κ1) is 22.2. The molecule has 1 aliphatic rings. The van der Waals surface area contributed by atoms with Crippen LogP contribution in [-0.2, 0) is 13.1 Å². The summed E-state index contributed by atoms with van der Waals surface area (Å²) in [5.41, 5.74) is 5.73. The first-order valence-electron chi connectivity index (χ1n) is 11.6. The quantitative estimate of drug-likeness (QED) is 0.516. The molecule has 0 unspecified atom stereocenters. The lowest BCUT2D eigenvalue weighted by Crippen LogP contribution is -2.40. The normalized spacial score (nSPS) is 14.9. The van der Waals surface area contributed by atoms with Gasteiger partial charge in [-0.2, -0.15) is 0 Å². The van der Waals surface area contributed by atoms with Crippen molar-refractivity contribution in [1.82, 2.24) is 14.8 Å². The Bertz CT molecular complexity index is 1030. The third kappa shape index (κ3) is 5.83. The largest absolute Gasteiger partial charge is 0.334 e. The summed E-state index contributed by atoms with van der Waals surface area (Å²) in [4.78, 5) is 22.2. The van der Waals surface area contributed by atoms with Crippen LogP contribution in [0.5, 0.6) is 0 Å². The predicted octanol–water partition coefficient (Wildman–Crippen LogP) is 5.25. The predicted molar refractivity (Wildman–Crippen MR) is 129 cm³/mol. The summed E-state index contributed by atoms with van der Waals surface area (Å²) in [6.07, 6.45) is 5.88. The number of nitrogens with zero attached hydrogens (tertiary/aromatic N) is 3. The maximum absolute atomic E-state index is 13.4. The lowest BCUT2D eigenvalue weighted by Gasteiger charge is -2.35. The molecule has 0 N–H and O–H groups in total. The summed E-state index contributed by atoms with van der Waals surface area (Å²) in [5, 5.41) is 0. The van der Waals surface area contributed by atoms with Gasteiger partial charge in [-0.3, -0.25) is 14.7 Å². The second-order valence-corrected chi connectivity index (χ2v) is 9.06. The lowest BCUT2D eigenvalue weighted by atomic mass is 9.95. The van der Waals surface area contributed by atoms with E-state index in [1.54, 1.807) is 6.20 Å². The van der Waals surface area contributed by atoms with Gasteiger partial charge < -0.3 is 4.90 Å². The van der Waals surface area contributed by atoms with Crippen molar-refractivity contribution < 1.29 is 4.79 Å². The fourth-order valence-electron chi connectivity index (χ4n) is 4.56. The van der Waals surface area contributed by atoms with Gasteiger partial charge in [-0.1, -0.05) is 48.0 Å². The third-order valence-corrected chi connectivity index (χ3v) is 6.49. The van der Waals surface area contributed by atoms with E-state index in [1.165, 1.54) is 11.1 Å². The number of carbonyl (C=O) groups excluding carboxylic acids is 1. The maximum atomic E-state index is 13.4. The Kier molecular flexibility index (Phi) is 7.33. The monoisotopic (exact) mass is 427 g/mol. The molecular weight excluding hydrogens is 394 g/mol. The summed E-state index contributed by atoms with van der Waals surface area (Å²) < 4.78 is 0. The average Bonchev–Trinajstić information content (AvgIpc) is 2.81. The average molecular weight is 428 g/mol. The molecule has 1 amide bonds. The highest BCUT2D eigenvalue weighted by Crippen LogP contribution is 2.23. The van der Waals surface area contributed by atoms with E-state index >= 15 is 0 Å². The fraction of sp³-hybridized carbons (Fsp3) is 0.357. The number of hydrogen-bond donors (Lipinski definition) is 0. The van der Waals surface area contributed by atoms with Crippen molar-refractivity contribution in [1.29, 1.82) is 0 Å². The Labute approximate surface area is 191 Å². The van der Waals surface area contributed by atoms with Crippen LogP contribution in [0.1, 0.15) is 45.5 Å². The number of rotatable bonds is 7. The molecule has 1 aliphatic heterocycles. The van der Waals surface area contributed by atoms with Crippen molar-refractivity contribution in [3.63, 3.8) is 0 Å². The Hall–Kier alpha value is -2.98. The molecular formula is C28H33N3O. The van der Waals surface area contributed by atoms with Crippen LogP contribution >= 0.6 is 0 Å². The van der Waals surface area contributed by atoms with Crippen molar-refractivity contribution in [2.45, 2.75) is 39.8 Å². The highest BCUT2D eigenvalue weighted by atomic mass is 16.2. The van der Waals surface area contributed by atoms with E-state index in [9.17, 15) is 4.79 Å². The van der Waals surface area contributed by atoms with E-state index in [0.29, 0.717) is 12.5 Å². The number of aromatic nitrogens is 1. The number of amides is 1. The molecule has 2 aromatic carbocycles. The molecule has 0 bridgehead atoms. The number of pyridine rings is 1. The summed E-state index contributed by atoms with van der Waals surface area (Å²) >= 11 is 0. The molecule has 0 saturated carbocycles. The topological polar surface area (TPSA) is 36.4 Å². The van der Waals surface area contributed by atoms with Crippen LogP contribution < -0.4 is 0 Å². The maximum Gasteiger partial charge on any atom is 0.254 e. The molecule has 1 fully saturated rings. The zero-order valence-electron chi connectivity index (χ0n) is 19.2. The molecule has 0 atom stereocenters.